The maximum atomic E-state index is 7.12. The molecule has 6 nitrogen and oxygen atoms in total. The van der Waals surface area contributed by atoms with E-state index in [0.29, 0.717) is 34.2 Å². The Hall–Kier alpha value is -2.89. The van der Waals surface area contributed by atoms with E-state index in [1.807, 2.05) is 18.2 Å². The number of anilines is 2. The van der Waals surface area contributed by atoms with Gasteiger partial charge in [0.05, 0.1) is 16.8 Å². The predicted molar refractivity (Wildman–Crippen MR) is 106 cm³/mol. The highest BCUT2D eigenvalue weighted by Crippen LogP contribution is 2.29. The van der Waals surface area contributed by atoms with Gasteiger partial charge in [-0.05, 0) is 36.5 Å². The maximum Gasteiger partial charge on any atom is 0.135 e. The summed E-state index contributed by atoms with van der Waals surface area (Å²) in [5.74, 6) is 1.05. The second kappa shape index (κ2) is 7.34. The minimum absolute atomic E-state index is 0.368. The van der Waals surface area contributed by atoms with E-state index in [9.17, 15) is 0 Å². The van der Waals surface area contributed by atoms with Crippen LogP contribution in [0.2, 0.25) is 0 Å². The van der Waals surface area contributed by atoms with Crippen LogP contribution in [0, 0.1) is 11.3 Å². The summed E-state index contributed by atoms with van der Waals surface area (Å²) in [5.41, 5.74) is 21.6. The zero-order chi connectivity index (χ0) is 17.8. The SMILES string of the molecule is N=CC=C(N)c1ccc2c(N)c(C=NCC3CCCC3)c(N)nc2c1. The molecular weight excluding hydrogens is 312 g/mol. The van der Waals surface area contributed by atoms with Crippen molar-refractivity contribution >= 4 is 40.5 Å². The Bertz CT molecular complexity index is 847. The topological polar surface area (TPSA) is 127 Å². The molecule has 7 N–H and O–H groups in total. The zero-order valence-corrected chi connectivity index (χ0v) is 14.2. The molecule has 1 saturated carbocycles. The molecule has 3 rings (SSSR count). The third-order valence-corrected chi connectivity index (χ3v) is 4.75. The number of rotatable bonds is 5. The average molecular weight is 336 g/mol. The molecule has 25 heavy (non-hydrogen) atoms. The lowest BCUT2D eigenvalue weighted by atomic mass is 10.0. The molecule has 6 heteroatoms. The number of nitrogens with two attached hydrogens (primary N) is 3. The fraction of sp³-hybridized carbons (Fsp3) is 0.316. The summed E-state index contributed by atoms with van der Waals surface area (Å²) < 4.78 is 0. The lowest BCUT2D eigenvalue weighted by molar-refractivity contribution is 0.564. The second-order valence-electron chi connectivity index (χ2n) is 6.49. The molecular formula is C19H24N6. The highest BCUT2D eigenvalue weighted by molar-refractivity contribution is 6.04. The summed E-state index contributed by atoms with van der Waals surface area (Å²) >= 11 is 0. The molecule has 1 heterocycles. The molecule has 0 spiro atoms. The van der Waals surface area contributed by atoms with Crippen molar-refractivity contribution in [3.63, 3.8) is 0 Å². The standard InChI is InChI=1S/C19H24N6/c20-8-7-16(21)13-5-6-14-17(9-13)25-19(23)15(18(14)22)11-24-10-12-3-1-2-4-12/h5-9,11-12,20H,1-4,10,21H2,(H4,22,23,25). The Balaban J connectivity index is 1.92. The van der Waals surface area contributed by atoms with Gasteiger partial charge in [-0.3, -0.25) is 4.99 Å². The zero-order valence-electron chi connectivity index (χ0n) is 14.2. The quantitative estimate of drug-likeness (QED) is 0.626. The van der Waals surface area contributed by atoms with Crippen molar-refractivity contribution < 1.29 is 0 Å². The van der Waals surface area contributed by atoms with E-state index in [1.54, 1.807) is 6.21 Å². The van der Waals surface area contributed by atoms with Gasteiger partial charge in [0.15, 0.2) is 0 Å². The Morgan fingerprint density at radius 2 is 2.04 bits per heavy atom. The van der Waals surface area contributed by atoms with Gasteiger partial charge in [0.2, 0.25) is 0 Å². The van der Waals surface area contributed by atoms with E-state index in [-0.39, 0.29) is 0 Å². The number of allylic oxidation sites excluding steroid dienone is 1. The average Bonchev–Trinajstić information content (AvgIpc) is 3.11. The first kappa shape index (κ1) is 17.0. The molecule has 0 unspecified atom stereocenters. The molecule has 0 radical (unpaired) electrons. The summed E-state index contributed by atoms with van der Waals surface area (Å²) in [6.45, 7) is 0.820. The Labute approximate surface area is 147 Å². The predicted octanol–water partition coefficient (Wildman–Crippen LogP) is 2.96. The first-order valence-corrected chi connectivity index (χ1v) is 8.55. The molecule has 1 aromatic carbocycles. The smallest absolute Gasteiger partial charge is 0.135 e. The summed E-state index contributed by atoms with van der Waals surface area (Å²) in [6.07, 6.45) is 9.56. The molecule has 0 amide bonds. The van der Waals surface area contributed by atoms with Gasteiger partial charge in [-0.2, -0.15) is 0 Å². The van der Waals surface area contributed by atoms with Crippen LogP contribution in [-0.2, 0) is 0 Å². The fourth-order valence-electron chi connectivity index (χ4n) is 3.31. The maximum absolute atomic E-state index is 7.12. The first-order chi connectivity index (χ1) is 12.1. The molecule has 1 aromatic heterocycles. The van der Waals surface area contributed by atoms with Crippen LogP contribution in [0.15, 0.2) is 29.3 Å². The van der Waals surface area contributed by atoms with Crippen LogP contribution in [0.25, 0.3) is 16.6 Å². The Morgan fingerprint density at radius 3 is 2.76 bits per heavy atom. The van der Waals surface area contributed by atoms with Crippen LogP contribution in [0.3, 0.4) is 0 Å². The van der Waals surface area contributed by atoms with Crippen molar-refractivity contribution in [2.75, 3.05) is 18.0 Å². The van der Waals surface area contributed by atoms with Gasteiger partial charge in [-0.1, -0.05) is 25.0 Å². The van der Waals surface area contributed by atoms with Crippen LogP contribution >= 0.6 is 0 Å². The number of nitrogen functional groups attached to an aromatic ring is 2. The molecule has 0 atom stereocenters. The number of hydrogen-bond acceptors (Lipinski definition) is 6. The number of nitrogens with one attached hydrogen (secondary N) is 1. The number of aromatic nitrogens is 1. The molecule has 2 aromatic rings. The molecule has 1 aliphatic carbocycles. The largest absolute Gasteiger partial charge is 0.398 e. The van der Waals surface area contributed by atoms with Gasteiger partial charge >= 0.3 is 0 Å². The highest BCUT2D eigenvalue weighted by Gasteiger charge is 2.14. The van der Waals surface area contributed by atoms with E-state index in [4.69, 9.17) is 22.6 Å². The number of benzene rings is 1. The lowest BCUT2D eigenvalue weighted by Gasteiger charge is -2.10. The van der Waals surface area contributed by atoms with E-state index >= 15 is 0 Å². The van der Waals surface area contributed by atoms with E-state index in [0.717, 1.165) is 23.7 Å². The van der Waals surface area contributed by atoms with Gasteiger partial charge in [-0.25, -0.2) is 4.98 Å². The molecule has 0 aliphatic heterocycles. The summed E-state index contributed by atoms with van der Waals surface area (Å²) in [6, 6.07) is 5.58. The molecule has 0 bridgehead atoms. The van der Waals surface area contributed by atoms with Crippen molar-refractivity contribution in [3.8, 4) is 0 Å². The summed E-state index contributed by atoms with van der Waals surface area (Å²) in [5, 5.41) is 7.94. The monoisotopic (exact) mass is 336 g/mol. The highest BCUT2D eigenvalue weighted by atomic mass is 14.9. The molecule has 1 fully saturated rings. The summed E-state index contributed by atoms with van der Waals surface area (Å²) in [4.78, 5) is 9.00. The number of hydrogen-bond donors (Lipinski definition) is 4. The van der Waals surface area contributed by atoms with Crippen molar-refractivity contribution in [2.24, 2.45) is 16.6 Å². The number of fused-ring (bicyclic) bond motifs is 1. The first-order valence-electron chi connectivity index (χ1n) is 8.55. The third kappa shape index (κ3) is 3.63. The normalized spacial score (nSPS) is 16.1. The van der Waals surface area contributed by atoms with Crippen molar-refractivity contribution in [1.29, 1.82) is 5.41 Å². The number of pyridine rings is 1. The van der Waals surface area contributed by atoms with Crippen molar-refractivity contribution in [3.05, 3.63) is 35.4 Å². The van der Waals surface area contributed by atoms with Crippen LogP contribution in [0.1, 0.15) is 36.8 Å². The van der Waals surface area contributed by atoms with Gasteiger partial charge in [-0.15, -0.1) is 0 Å². The molecule has 0 saturated heterocycles. The van der Waals surface area contributed by atoms with Gasteiger partial charge in [0.1, 0.15) is 5.82 Å². The molecule has 130 valence electrons. The van der Waals surface area contributed by atoms with E-state index in [1.165, 1.54) is 31.8 Å². The lowest BCUT2D eigenvalue weighted by Crippen LogP contribution is -2.06. The van der Waals surface area contributed by atoms with Gasteiger partial charge in [0.25, 0.3) is 0 Å². The Morgan fingerprint density at radius 1 is 1.28 bits per heavy atom. The van der Waals surface area contributed by atoms with E-state index < -0.39 is 0 Å². The minimum atomic E-state index is 0.368. The van der Waals surface area contributed by atoms with Crippen molar-refractivity contribution in [2.45, 2.75) is 25.7 Å². The second-order valence-corrected chi connectivity index (χ2v) is 6.49. The van der Waals surface area contributed by atoms with Crippen LogP contribution in [-0.4, -0.2) is 24.0 Å². The van der Waals surface area contributed by atoms with E-state index in [2.05, 4.69) is 9.98 Å². The molecule has 1 aliphatic rings. The third-order valence-electron chi connectivity index (χ3n) is 4.75. The van der Waals surface area contributed by atoms with Gasteiger partial charge in [0, 0.05) is 30.1 Å². The van der Waals surface area contributed by atoms with Crippen LogP contribution in [0.5, 0.6) is 0 Å². The number of aliphatic imine (C=N–C) groups is 1. The summed E-state index contributed by atoms with van der Waals surface area (Å²) in [7, 11) is 0. The van der Waals surface area contributed by atoms with Gasteiger partial charge < -0.3 is 22.6 Å². The fourth-order valence-corrected chi connectivity index (χ4v) is 3.31. The Kier molecular flexibility index (Phi) is 4.97. The minimum Gasteiger partial charge on any atom is -0.398 e. The van der Waals surface area contributed by atoms with Crippen LogP contribution in [0.4, 0.5) is 11.5 Å². The van der Waals surface area contributed by atoms with Crippen LogP contribution < -0.4 is 17.2 Å². The number of nitrogens with zero attached hydrogens (tertiary/aromatic N) is 2. The van der Waals surface area contributed by atoms with Crippen molar-refractivity contribution in [1.82, 2.24) is 4.98 Å².